The second-order valence-electron chi connectivity index (χ2n) is 5.34. The van der Waals surface area contributed by atoms with Gasteiger partial charge in [0.05, 0.1) is 0 Å². The first-order chi connectivity index (χ1) is 5.63. The van der Waals surface area contributed by atoms with Gasteiger partial charge in [0.15, 0.2) is 0 Å². The van der Waals surface area contributed by atoms with Crippen LogP contribution in [-0.4, -0.2) is 26.8 Å². The average Bonchev–Trinajstić information content (AvgIpc) is 1.82. The molecule has 0 saturated heterocycles. The third kappa shape index (κ3) is 7.20. The summed E-state index contributed by atoms with van der Waals surface area (Å²) in [6.07, 6.45) is 0. The number of hydrogen-bond donors (Lipinski definition) is 1. The Morgan fingerprint density at radius 2 is 1.54 bits per heavy atom. The third-order valence-corrected chi connectivity index (χ3v) is 3.57. The Labute approximate surface area is 84.9 Å². The highest BCUT2D eigenvalue weighted by molar-refractivity contribution is 7.86. The fourth-order valence-electron chi connectivity index (χ4n) is 0.825. The Bertz CT molecular complexity index is 176. The zero-order valence-corrected chi connectivity index (χ0v) is 10.5. The van der Waals surface area contributed by atoms with Crippen molar-refractivity contribution in [2.75, 3.05) is 12.3 Å². The van der Waals surface area contributed by atoms with Crippen LogP contribution in [0.15, 0.2) is 0 Å². The van der Waals surface area contributed by atoms with Gasteiger partial charge in [-0.25, -0.2) is 0 Å². The van der Waals surface area contributed by atoms with Crippen molar-refractivity contribution in [1.29, 1.82) is 0 Å². The van der Waals surface area contributed by atoms with E-state index in [1.165, 1.54) is 0 Å². The van der Waals surface area contributed by atoms with Gasteiger partial charge in [-0.3, -0.25) is 4.21 Å². The molecule has 2 nitrogen and oxygen atoms in total. The van der Waals surface area contributed by atoms with Crippen molar-refractivity contribution < 1.29 is 4.21 Å². The molecule has 0 aromatic carbocycles. The van der Waals surface area contributed by atoms with Gasteiger partial charge in [-0.15, -0.1) is 0 Å². The summed E-state index contributed by atoms with van der Waals surface area (Å²) in [6.45, 7) is 13.2. The average molecular weight is 205 g/mol. The molecule has 0 heterocycles. The van der Waals surface area contributed by atoms with Gasteiger partial charge in [-0.1, -0.05) is 0 Å². The van der Waals surface area contributed by atoms with E-state index in [1.807, 2.05) is 20.8 Å². The first-order valence-corrected chi connectivity index (χ1v) is 6.08. The summed E-state index contributed by atoms with van der Waals surface area (Å²) in [7, 11) is -0.735. The summed E-state index contributed by atoms with van der Waals surface area (Å²) >= 11 is 0. The van der Waals surface area contributed by atoms with Gasteiger partial charge in [0.25, 0.3) is 0 Å². The van der Waals surface area contributed by atoms with Crippen LogP contribution in [0.2, 0.25) is 0 Å². The molecule has 0 saturated carbocycles. The molecule has 0 aliphatic carbocycles. The van der Waals surface area contributed by atoms with Crippen molar-refractivity contribution in [1.82, 2.24) is 5.32 Å². The van der Waals surface area contributed by atoms with E-state index in [4.69, 9.17) is 0 Å². The predicted octanol–water partition coefficient (Wildman–Crippen LogP) is 1.92. The fraction of sp³-hybridized carbons (Fsp3) is 1.00. The Morgan fingerprint density at radius 3 is 1.85 bits per heavy atom. The SMILES string of the molecule is CC(C)(C)NCCS(=O)C(C)(C)C. The molecular weight excluding hydrogens is 182 g/mol. The Kier molecular flexibility index (Phi) is 4.60. The van der Waals surface area contributed by atoms with Crippen LogP contribution in [0, 0.1) is 0 Å². The van der Waals surface area contributed by atoms with Crippen molar-refractivity contribution in [2.45, 2.75) is 51.8 Å². The van der Waals surface area contributed by atoms with Crippen LogP contribution in [0.4, 0.5) is 0 Å². The fourth-order valence-corrected chi connectivity index (χ4v) is 1.72. The zero-order valence-electron chi connectivity index (χ0n) is 9.73. The van der Waals surface area contributed by atoms with E-state index in [2.05, 4.69) is 26.1 Å². The van der Waals surface area contributed by atoms with Crippen molar-refractivity contribution in [3.05, 3.63) is 0 Å². The van der Waals surface area contributed by atoms with Gasteiger partial charge in [0.2, 0.25) is 0 Å². The molecule has 3 heteroatoms. The molecule has 80 valence electrons. The van der Waals surface area contributed by atoms with E-state index >= 15 is 0 Å². The molecule has 0 rings (SSSR count). The monoisotopic (exact) mass is 205 g/mol. The van der Waals surface area contributed by atoms with Crippen LogP contribution in [-0.2, 0) is 10.8 Å². The molecule has 0 spiro atoms. The van der Waals surface area contributed by atoms with Crippen LogP contribution in [0.25, 0.3) is 0 Å². The number of hydrogen-bond acceptors (Lipinski definition) is 2. The van der Waals surface area contributed by atoms with Crippen LogP contribution in [0.5, 0.6) is 0 Å². The molecule has 0 aromatic rings. The van der Waals surface area contributed by atoms with Crippen molar-refractivity contribution in [3.63, 3.8) is 0 Å². The Balaban J connectivity index is 3.74. The van der Waals surface area contributed by atoms with Crippen LogP contribution < -0.4 is 5.32 Å². The van der Waals surface area contributed by atoms with Gasteiger partial charge in [-0.05, 0) is 41.5 Å². The topological polar surface area (TPSA) is 29.1 Å². The maximum Gasteiger partial charge on any atom is 0.0375 e. The van der Waals surface area contributed by atoms with Gasteiger partial charge >= 0.3 is 0 Å². The highest BCUT2D eigenvalue weighted by Crippen LogP contribution is 2.10. The molecule has 0 radical (unpaired) electrons. The number of rotatable bonds is 3. The van der Waals surface area contributed by atoms with E-state index in [9.17, 15) is 4.21 Å². The first kappa shape index (κ1) is 13.1. The molecule has 0 aromatic heterocycles. The van der Waals surface area contributed by atoms with E-state index in [1.54, 1.807) is 0 Å². The molecule has 0 bridgehead atoms. The van der Waals surface area contributed by atoms with Crippen molar-refractivity contribution in [3.8, 4) is 0 Å². The quantitative estimate of drug-likeness (QED) is 0.762. The summed E-state index contributed by atoms with van der Waals surface area (Å²) in [4.78, 5) is 0. The lowest BCUT2D eigenvalue weighted by molar-refractivity contribution is 0.439. The van der Waals surface area contributed by atoms with Gasteiger partial charge < -0.3 is 5.32 Å². The highest BCUT2D eigenvalue weighted by atomic mass is 32.2. The molecule has 1 unspecified atom stereocenters. The summed E-state index contributed by atoms with van der Waals surface area (Å²) in [5, 5.41) is 3.33. The second kappa shape index (κ2) is 4.56. The van der Waals surface area contributed by atoms with Crippen LogP contribution in [0.3, 0.4) is 0 Å². The van der Waals surface area contributed by atoms with E-state index < -0.39 is 10.8 Å². The van der Waals surface area contributed by atoms with E-state index in [0.29, 0.717) is 0 Å². The van der Waals surface area contributed by atoms with Crippen molar-refractivity contribution in [2.24, 2.45) is 0 Å². The lowest BCUT2D eigenvalue weighted by atomic mass is 10.1. The highest BCUT2D eigenvalue weighted by Gasteiger charge is 2.19. The molecule has 0 amide bonds. The maximum atomic E-state index is 11.6. The minimum atomic E-state index is -0.735. The van der Waals surface area contributed by atoms with E-state index in [-0.39, 0.29) is 10.3 Å². The molecular formula is C10H23NOS. The molecule has 0 aliphatic rings. The Morgan fingerprint density at radius 1 is 1.08 bits per heavy atom. The van der Waals surface area contributed by atoms with Crippen LogP contribution >= 0.6 is 0 Å². The van der Waals surface area contributed by atoms with Crippen molar-refractivity contribution >= 4 is 10.8 Å². The minimum absolute atomic E-state index is 0.0838. The van der Waals surface area contributed by atoms with Gasteiger partial charge in [0, 0.05) is 33.4 Å². The Hall–Kier alpha value is 0.110. The summed E-state index contributed by atoms with van der Waals surface area (Å²) in [5.41, 5.74) is 0.127. The normalized spacial score (nSPS) is 15.8. The minimum Gasteiger partial charge on any atom is -0.311 e. The van der Waals surface area contributed by atoms with Crippen LogP contribution in [0.1, 0.15) is 41.5 Å². The lowest BCUT2D eigenvalue weighted by Gasteiger charge is -2.22. The summed E-state index contributed by atoms with van der Waals surface area (Å²) in [5.74, 6) is 0.737. The second-order valence-corrected chi connectivity index (χ2v) is 7.66. The van der Waals surface area contributed by atoms with Gasteiger partial charge in [-0.2, -0.15) is 0 Å². The first-order valence-electron chi connectivity index (χ1n) is 4.76. The smallest absolute Gasteiger partial charge is 0.0375 e. The largest absolute Gasteiger partial charge is 0.311 e. The van der Waals surface area contributed by atoms with Gasteiger partial charge in [0.1, 0.15) is 0 Å². The zero-order chi connectivity index (χ0) is 10.7. The van der Waals surface area contributed by atoms with E-state index in [0.717, 1.165) is 12.3 Å². The number of nitrogens with one attached hydrogen (secondary N) is 1. The summed E-state index contributed by atoms with van der Waals surface area (Å²) < 4.78 is 11.5. The predicted molar refractivity (Wildman–Crippen MR) is 60.5 cm³/mol. The third-order valence-electron chi connectivity index (χ3n) is 1.63. The summed E-state index contributed by atoms with van der Waals surface area (Å²) in [6, 6.07) is 0. The molecule has 0 fully saturated rings. The lowest BCUT2D eigenvalue weighted by Crippen LogP contribution is -2.39. The molecule has 0 aliphatic heterocycles. The maximum absolute atomic E-state index is 11.6. The molecule has 1 atom stereocenters. The standard InChI is InChI=1S/C10H23NOS/c1-9(2,3)11-7-8-13(12)10(4,5)6/h11H,7-8H2,1-6H3. The molecule has 1 N–H and O–H groups in total. The molecule has 13 heavy (non-hydrogen) atoms.